The Morgan fingerprint density at radius 3 is 2.47 bits per heavy atom. The first-order valence-electron chi connectivity index (χ1n) is 6.19. The van der Waals surface area contributed by atoms with Gasteiger partial charge < -0.3 is 10.1 Å². The third kappa shape index (κ3) is 4.58. The molecule has 0 bridgehead atoms. The van der Waals surface area contributed by atoms with Crippen LogP contribution in [0.5, 0.6) is 0 Å². The van der Waals surface area contributed by atoms with Crippen LogP contribution in [0.1, 0.15) is 24.2 Å². The van der Waals surface area contributed by atoms with Crippen molar-refractivity contribution in [3.63, 3.8) is 0 Å². The zero-order valence-corrected chi connectivity index (χ0v) is 11.3. The molecule has 0 aliphatic rings. The minimum atomic E-state index is -0.660. The fourth-order valence-corrected chi connectivity index (χ4v) is 1.54. The average molecular weight is 261 g/mol. The second-order valence-electron chi connectivity index (χ2n) is 4.48. The molecule has 0 heterocycles. The number of rotatable bonds is 6. The van der Waals surface area contributed by atoms with Crippen LogP contribution in [-0.4, -0.2) is 24.5 Å². The number of benzene rings is 1. The Kier molecular flexibility index (Phi) is 5.79. The quantitative estimate of drug-likeness (QED) is 0.630. The summed E-state index contributed by atoms with van der Waals surface area (Å²) in [6.45, 7) is 7.33. The van der Waals surface area contributed by atoms with E-state index < -0.39 is 12.0 Å². The number of ether oxygens (including phenoxy) is 1. The van der Waals surface area contributed by atoms with E-state index in [-0.39, 0.29) is 18.4 Å². The molecule has 0 saturated carbocycles. The normalized spacial score (nSPS) is 11.7. The van der Waals surface area contributed by atoms with E-state index in [4.69, 9.17) is 4.74 Å². The van der Waals surface area contributed by atoms with Gasteiger partial charge in [0.2, 0.25) is 0 Å². The monoisotopic (exact) mass is 261 g/mol. The predicted molar refractivity (Wildman–Crippen MR) is 73.7 cm³/mol. The van der Waals surface area contributed by atoms with E-state index in [1.165, 1.54) is 6.08 Å². The summed E-state index contributed by atoms with van der Waals surface area (Å²) in [5, 5.41) is 2.69. The molecule has 0 aromatic heterocycles. The first-order valence-corrected chi connectivity index (χ1v) is 6.19. The van der Waals surface area contributed by atoms with Gasteiger partial charge in [0.1, 0.15) is 12.6 Å². The van der Waals surface area contributed by atoms with Crippen molar-refractivity contribution in [2.24, 2.45) is 5.92 Å². The van der Waals surface area contributed by atoms with Gasteiger partial charge >= 0.3 is 5.97 Å². The molecular weight excluding hydrogens is 242 g/mol. The molecule has 0 radical (unpaired) electrons. The first kappa shape index (κ1) is 15.0. The van der Waals surface area contributed by atoms with Gasteiger partial charge in [-0.1, -0.05) is 44.7 Å². The lowest BCUT2D eigenvalue weighted by atomic mass is 10.0. The van der Waals surface area contributed by atoms with Crippen LogP contribution in [0.25, 0.3) is 0 Å². The van der Waals surface area contributed by atoms with Crippen LogP contribution < -0.4 is 5.32 Å². The summed E-state index contributed by atoms with van der Waals surface area (Å²) in [5.41, 5.74) is 0.518. The Bertz CT molecular complexity index is 440. The van der Waals surface area contributed by atoms with Gasteiger partial charge in [0.05, 0.1) is 0 Å². The van der Waals surface area contributed by atoms with E-state index in [0.29, 0.717) is 5.56 Å². The smallest absolute Gasteiger partial charge is 0.329 e. The Balaban J connectivity index is 2.71. The highest BCUT2D eigenvalue weighted by Gasteiger charge is 2.25. The Labute approximate surface area is 113 Å². The molecule has 0 spiro atoms. The Morgan fingerprint density at radius 2 is 1.95 bits per heavy atom. The van der Waals surface area contributed by atoms with Crippen LogP contribution in [0, 0.1) is 5.92 Å². The second-order valence-corrected chi connectivity index (χ2v) is 4.48. The van der Waals surface area contributed by atoms with Crippen molar-refractivity contribution in [2.45, 2.75) is 19.9 Å². The number of hydrogen-bond donors (Lipinski definition) is 1. The van der Waals surface area contributed by atoms with Crippen molar-refractivity contribution in [1.29, 1.82) is 0 Å². The van der Waals surface area contributed by atoms with Gasteiger partial charge in [0.25, 0.3) is 5.91 Å². The van der Waals surface area contributed by atoms with E-state index in [1.54, 1.807) is 24.3 Å². The zero-order valence-electron chi connectivity index (χ0n) is 11.3. The SMILES string of the molecule is C=CCOC(=O)[C@H](NC(=O)c1ccccc1)C(C)C. The molecule has 0 unspecified atom stereocenters. The minimum Gasteiger partial charge on any atom is -0.460 e. The third-order valence-electron chi connectivity index (χ3n) is 2.59. The van der Waals surface area contributed by atoms with E-state index in [1.807, 2.05) is 19.9 Å². The lowest BCUT2D eigenvalue weighted by molar-refractivity contribution is -0.145. The van der Waals surface area contributed by atoms with Gasteiger partial charge in [-0.3, -0.25) is 4.79 Å². The van der Waals surface area contributed by atoms with Crippen LogP contribution in [0.4, 0.5) is 0 Å². The van der Waals surface area contributed by atoms with Crippen LogP contribution in [-0.2, 0) is 9.53 Å². The molecule has 4 heteroatoms. The summed E-state index contributed by atoms with van der Waals surface area (Å²) < 4.78 is 4.98. The van der Waals surface area contributed by atoms with Gasteiger partial charge in [-0.15, -0.1) is 0 Å². The highest BCUT2D eigenvalue weighted by molar-refractivity contribution is 5.96. The van der Waals surface area contributed by atoms with E-state index in [0.717, 1.165) is 0 Å². The predicted octanol–water partition coefficient (Wildman–Crippen LogP) is 2.17. The lowest BCUT2D eigenvalue weighted by Crippen LogP contribution is -2.45. The molecule has 1 N–H and O–H groups in total. The van der Waals surface area contributed by atoms with Crippen LogP contribution in [0.2, 0.25) is 0 Å². The van der Waals surface area contributed by atoms with Crippen molar-refractivity contribution in [3.8, 4) is 0 Å². The molecule has 0 aliphatic heterocycles. The summed E-state index contributed by atoms with van der Waals surface area (Å²) in [7, 11) is 0. The maximum absolute atomic E-state index is 12.0. The summed E-state index contributed by atoms with van der Waals surface area (Å²) in [6.07, 6.45) is 1.49. The van der Waals surface area contributed by atoms with Gasteiger partial charge in [0, 0.05) is 5.56 Å². The van der Waals surface area contributed by atoms with Crippen molar-refractivity contribution < 1.29 is 14.3 Å². The Morgan fingerprint density at radius 1 is 1.32 bits per heavy atom. The van der Waals surface area contributed by atoms with Crippen molar-refractivity contribution >= 4 is 11.9 Å². The van der Waals surface area contributed by atoms with E-state index in [2.05, 4.69) is 11.9 Å². The molecule has 0 saturated heterocycles. The lowest BCUT2D eigenvalue weighted by Gasteiger charge is -2.20. The summed E-state index contributed by atoms with van der Waals surface area (Å²) in [4.78, 5) is 23.8. The molecule has 1 aromatic carbocycles. The van der Waals surface area contributed by atoms with Crippen molar-refractivity contribution in [2.75, 3.05) is 6.61 Å². The maximum atomic E-state index is 12.0. The molecule has 1 amide bonds. The van der Waals surface area contributed by atoms with Crippen LogP contribution in [0.15, 0.2) is 43.0 Å². The summed E-state index contributed by atoms with van der Waals surface area (Å²) in [5.74, 6) is -0.779. The minimum absolute atomic E-state index is 0.0509. The van der Waals surface area contributed by atoms with Crippen molar-refractivity contribution in [1.82, 2.24) is 5.32 Å². The molecule has 0 fully saturated rings. The van der Waals surface area contributed by atoms with Gasteiger partial charge in [0.15, 0.2) is 0 Å². The number of amides is 1. The molecule has 1 atom stereocenters. The first-order chi connectivity index (χ1) is 9.06. The van der Waals surface area contributed by atoms with E-state index >= 15 is 0 Å². The standard InChI is InChI=1S/C15H19NO3/c1-4-10-19-15(18)13(11(2)3)16-14(17)12-8-6-5-7-9-12/h4-9,11,13H,1,10H2,2-3H3,(H,16,17)/t13-/m1/s1. The zero-order chi connectivity index (χ0) is 14.3. The molecule has 102 valence electrons. The third-order valence-corrected chi connectivity index (χ3v) is 2.59. The van der Waals surface area contributed by atoms with Crippen molar-refractivity contribution in [3.05, 3.63) is 48.6 Å². The van der Waals surface area contributed by atoms with E-state index in [9.17, 15) is 9.59 Å². The number of hydrogen-bond acceptors (Lipinski definition) is 3. The number of carbonyl (C=O) groups excluding carboxylic acids is 2. The number of carbonyl (C=O) groups is 2. The van der Waals surface area contributed by atoms with Gasteiger partial charge in [-0.05, 0) is 18.1 Å². The molecule has 0 aliphatic carbocycles. The highest BCUT2D eigenvalue weighted by atomic mass is 16.5. The molecular formula is C15H19NO3. The Hall–Kier alpha value is -2.10. The highest BCUT2D eigenvalue weighted by Crippen LogP contribution is 2.06. The van der Waals surface area contributed by atoms with Gasteiger partial charge in [-0.25, -0.2) is 4.79 Å². The molecule has 1 aromatic rings. The average Bonchev–Trinajstić information content (AvgIpc) is 2.42. The number of nitrogens with one attached hydrogen (secondary N) is 1. The van der Waals surface area contributed by atoms with Crippen LogP contribution in [0.3, 0.4) is 0 Å². The largest absolute Gasteiger partial charge is 0.460 e. The summed E-state index contributed by atoms with van der Waals surface area (Å²) in [6, 6.07) is 8.11. The second kappa shape index (κ2) is 7.36. The maximum Gasteiger partial charge on any atom is 0.329 e. The summed E-state index contributed by atoms with van der Waals surface area (Å²) >= 11 is 0. The fourth-order valence-electron chi connectivity index (χ4n) is 1.54. The fraction of sp³-hybridized carbons (Fsp3) is 0.333. The number of esters is 1. The topological polar surface area (TPSA) is 55.4 Å². The van der Waals surface area contributed by atoms with Gasteiger partial charge in [-0.2, -0.15) is 0 Å². The van der Waals surface area contributed by atoms with Crippen LogP contribution >= 0.6 is 0 Å². The molecule has 19 heavy (non-hydrogen) atoms. The molecule has 1 rings (SSSR count). The molecule has 4 nitrogen and oxygen atoms in total.